The first-order valence-corrected chi connectivity index (χ1v) is 11.4. The fourth-order valence-electron chi connectivity index (χ4n) is 3.36. The number of aliphatic hydroxyl groups excluding tert-OH is 1. The lowest BCUT2D eigenvalue weighted by atomic mass is 10.0. The lowest BCUT2D eigenvalue weighted by Gasteiger charge is -2.24. The molecule has 7 nitrogen and oxygen atoms in total. The van der Waals surface area contributed by atoms with Gasteiger partial charge in [0.2, 0.25) is 0 Å². The zero-order valence-electron chi connectivity index (χ0n) is 20.2. The van der Waals surface area contributed by atoms with E-state index in [1.54, 1.807) is 30.4 Å². The first-order chi connectivity index (χ1) is 17.0. The Morgan fingerprint density at radius 2 is 1.60 bits per heavy atom. The molecule has 1 N–H and O–H groups in total. The fraction of sp³-hybridized carbons (Fsp3) is 0.250. The molecule has 0 aliphatic heterocycles. The monoisotopic (exact) mass is 477 g/mol. The van der Waals surface area contributed by atoms with E-state index in [1.165, 1.54) is 7.11 Å². The van der Waals surface area contributed by atoms with Crippen molar-refractivity contribution in [3.05, 3.63) is 90.0 Å². The summed E-state index contributed by atoms with van der Waals surface area (Å²) in [5.41, 5.74) is 2.06. The van der Waals surface area contributed by atoms with Crippen LogP contribution in [0.15, 0.2) is 78.9 Å². The van der Waals surface area contributed by atoms with Crippen LogP contribution in [0.4, 0.5) is 0 Å². The van der Waals surface area contributed by atoms with Crippen LogP contribution in [-0.2, 0) is 9.53 Å². The van der Waals surface area contributed by atoms with Gasteiger partial charge >= 0.3 is 5.97 Å². The van der Waals surface area contributed by atoms with E-state index in [9.17, 15) is 9.90 Å². The number of carbonyl (C=O) groups is 1. The summed E-state index contributed by atoms with van der Waals surface area (Å²) < 4.78 is 16.0. The van der Waals surface area contributed by atoms with E-state index >= 15 is 0 Å². The molecule has 0 saturated carbocycles. The summed E-state index contributed by atoms with van der Waals surface area (Å²) in [4.78, 5) is 18.1. The van der Waals surface area contributed by atoms with E-state index in [0.717, 1.165) is 11.1 Å². The molecule has 1 atom stereocenters. The topological polar surface area (TPSA) is 77.5 Å². The summed E-state index contributed by atoms with van der Waals surface area (Å²) in [6, 6.07) is 24.0. The number of hydrogen-bond acceptors (Lipinski definition) is 7. The summed E-state index contributed by atoms with van der Waals surface area (Å²) in [5.74, 6) is 1.40. The Bertz CT molecular complexity index is 1100. The predicted molar refractivity (Wildman–Crippen MR) is 135 cm³/mol. The quantitative estimate of drug-likeness (QED) is 0.179. The van der Waals surface area contributed by atoms with E-state index in [0.29, 0.717) is 29.4 Å². The van der Waals surface area contributed by atoms with Gasteiger partial charge in [-0.25, -0.2) is 4.79 Å². The van der Waals surface area contributed by atoms with E-state index in [1.807, 2.05) is 73.7 Å². The van der Waals surface area contributed by atoms with Crippen molar-refractivity contribution in [3.8, 4) is 17.2 Å². The second-order valence-electron chi connectivity index (χ2n) is 7.67. The SMILES string of the molecule is CCN(CC(O)COc1ccc(/C=C(/C(=O)OC)c2ccccc2)cc1)Oc1ccccc1OC. The zero-order valence-corrected chi connectivity index (χ0v) is 20.2. The predicted octanol–water partition coefficient (Wildman–Crippen LogP) is 4.46. The largest absolute Gasteiger partial charge is 0.493 e. The van der Waals surface area contributed by atoms with Crippen LogP contribution in [0.25, 0.3) is 11.6 Å². The van der Waals surface area contributed by atoms with Crippen LogP contribution in [-0.4, -0.2) is 56.2 Å². The van der Waals surface area contributed by atoms with Crippen molar-refractivity contribution >= 4 is 17.6 Å². The van der Waals surface area contributed by atoms with Crippen molar-refractivity contribution in [3.63, 3.8) is 0 Å². The van der Waals surface area contributed by atoms with Gasteiger partial charge in [0, 0.05) is 6.54 Å². The third kappa shape index (κ3) is 7.60. The van der Waals surface area contributed by atoms with Crippen LogP contribution in [0.1, 0.15) is 18.1 Å². The van der Waals surface area contributed by atoms with Gasteiger partial charge in [-0.15, -0.1) is 5.06 Å². The van der Waals surface area contributed by atoms with Crippen molar-refractivity contribution in [2.45, 2.75) is 13.0 Å². The molecule has 0 aromatic heterocycles. The lowest BCUT2D eigenvalue weighted by Crippen LogP contribution is -2.37. The maximum Gasteiger partial charge on any atom is 0.338 e. The Morgan fingerprint density at radius 3 is 2.23 bits per heavy atom. The number of carbonyl (C=O) groups excluding carboxylic acids is 1. The minimum atomic E-state index is -0.770. The molecule has 0 heterocycles. The van der Waals surface area contributed by atoms with E-state index in [2.05, 4.69) is 0 Å². The zero-order chi connectivity index (χ0) is 25.0. The molecule has 0 saturated heterocycles. The number of para-hydroxylation sites is 2. The molecule has 0 amide bonds. The first kappa shape index (κ1) is 25.8. The number of hydrogen-bond donors (Lipinski definition) is 1. The summed E-state index contributed by atoms with van der Waals surface area (Å²) in [7, 11) is 2.95. The number of ether oxygens (including phenoxy) is 3. The van der Waals surface area contributed by atoms with Gasteiger partial charge in [0.25, 0.3) is 0 Å². The number of benzene rings is 3. The number of aliphatic hydroxyl groups is 1. The second-order valence-corrected chi connectivity index (χ2v) is 7.67. The molecule has 184 valence electrons. The van der Waals surface area contributed by atoms with Gasteiger partial charge in [-0.3, -0.25) is 0 Å². The van der Waals surface area contributed by atoms with Crippen LogP contribution in [0.2, 0.25) is 0 Å². The highest BCUT2D eigenvalue weighted by molar-refractivity contribution is 6.21. The summed E-state index contributed by atoms with van der Waals surface area (Å²) in [6.45, 7) is 2.86. The first-order valence-electron chi connectivity index (χ1n) is 11.4. The molecule has 3 aromatic carbocycles. The number of hydroxylamine groups is 2. The van der Waals surface area contributed by atoms with Crippen LogP contribution in [0, 0.1) is 0 Å². The molecule has 0 aliphatic carbocycles. The highest BCUT2D eigenvalue weighted by Crippen LogP contribution is 2.26. The number of methoxy groups -OCH3 is 2. The maximum absolute atomic E-state index is 12.3. The number of rotatable bonds is 12. The summed E-state index contributed by atoms with van der Waals surface area (Å²) >= 11 is 0. The van der Waals surface area contributed by atoms with E-state index < -0.39 is 12.1 Å². The Hall–Kier alpha value is -3.81. The lowest BCUT2D eigenvalue weighted by molar-refractivity contribution is -0.133. The number of likely N-dealkylation sites (N-methyl/N-ethyl adjacent to an activating group) is 1. The Labute approximate surface area is 206 Å². The summed E-state index contributed by atoms with van der Waals surface area (Å²) in [5, 5.41) is 12.1. The molecule has 0 spiro atoms. The smallest absolute Gasteiger partial charge is 0.338 e. The van der Waals surface area contributed by atoms with E-state index in [4.69, 9.17) is 19.0 Å². The van der Waals surface area contributed by atoms with Gasteiger partial charge in [-0.05, 0) is 48.4 Å². The molecule has 0 radical (unpaired) electrons. The highest BCUT2D eigenvalue weighted by Gasteiger charge is 2.15. The normalized spacial score (nSPS) is 12.2. The Balaban J connectivity index is 1.58. The molecule has 1 unspecified atom stereocenters. The fourth-order valence-corrected chi connectivity index (χ4v) is 3.36. The molecule has 3 aromatic rings. The third-order valence-corrected chi connectivity index (χ3v) is 5.19. The van der Waals surface area contributed by atoms with Crippen LogP contribution in [0.3, 0.4) is 0 Å². The molecule has 0 fully saturated rings. The molecule has 7 heteroatoms. The molecular weight excluding hydrogens is 446 g/mol. The minimum Gasteiger partial charge on any atom is -0.493 e. The van der Waals surface area contributed by atoms with Crippen molar-refractivity contribution in [2.24, 2.45) is 0 Å². The van der Waals surface area contributed by atoms with Crippen LogP contribution < -0.4 is 14.3 Å². The van der Waals surface area contributed by atoms with Gasteiger partial charge in [0.1, 0.15) is 18.5 Å². The number of esters is 1. The van der Waals surface area contributed by atoms with Crippen molar-refractivity contribution in [1.82, 2.24) is 5.06 Å². The molecule has 0 aliphatic rings. The standard InChI is InChI=1S/C28H31NO6/c1-4-29(35-27-13-9-8-12-26(27)32-2)19-23(30)20-34-24-16-14-21(15-17-24)18-25(28(31)33-3)22-10-6-5-7-11-22/h5-18,23,30H,4,19-20H2,1-3H3/b25-18+. The Morgan fingerprint density at radius 1 is 0.943 bits per heavy atom. The van der Waals surface area contributed by atoms with Crippen molar-refractivity contribution in [2.75, 3.05) is 33.9 Å². The van der Waals surface area contributed by atoms with Gasteiger partial charge < -0.3 is 24.2 Å². The van der Waals surface area contributed by atoms with Gasteiger partial charge in [-0.2, -0.15) is 0 Å². The van der Waals surface area contributed by atoms with Gasteiger partial charge in [0.15, 0.2) is 11.5 Å². The van der Waals surface area contributed by atoms with Crippen LogP contribution >= 0.6 is 0 Å². The van der Waals surface area contributed by atoms with Crippen molar-refractivity contribution in [1.29, 1.82) is 0 Å². The Kier molecular flexibility index (Phi) is 9.71. The maximum atomic E-state index is 12.3. The highest BCUT2D eigenvalue weighted by atomic mass is 16.7. The number of nitrogens with zero attached hydrogens (tertiary/aromatic N) is 1. The third-order valence-electron chi connectivity index (χ3n) is 5.19. The molecule has 0 bridgehead atoms. The van der Waals surface area contributed by atoms with E-state index in [-0.39, 0.29) is 13.2 Å². The average molecular weight is 478 g/mol. The average Bonchev–Trinajstić information content (AvgIpc) is 2.91. The summed E-state index contributed by atoms with van der Waals surface area (Å²) in [6.07, 6.45) is 1.00. The molecule has 3 rings (SSSR count). The van der Waals surface area contributed by atoms with Gasteiger partial charge in [0.05, 0.1) is 26.3 Å². The van der Waals surface area contributed by atoms with Crippen molar-refractivity contribution < 1.29 is 28.9 Å². The molecular formula is C28H31NO6. The minimum absolute atomic E-state index is 0.0956. The second kappa shape index (κ2) is 13.2. The molecule has 35 heavy (non-hydrogen) atoms. The van der Waals surface area contributed by atoms with Crippen LogP contribution in [0.5, 0.6) is 17.2 Å². The van der Waals surface area contributed by atoms with Gasteiger partial charge in [-0.1, -0.05) is 54.6 Å².